The van der Waals surface area contributed by atoms with Crippen molar-refractivity contribution in [2.24, 2.45) is 0 Å². The van der Waals surface area contributed by atoms with E-state index in [2.05, 4.69) is 20.6 Å². The maximum atomic E-state index is 13.2. The van der Waals surface area contributed by atoms with Crippen molar-refractivity contribution in [2.45, 2.75) is 6.18 Å². The van der Waals surface area contributed by atoms with Crippen molar-refractivity contribution in [1.29, 1.82) is 0 Å². The number of benzene rings is 2. The van der Waals surface area contributed by atoms with Gasteiger partial charge in [-0.3, -0.25) is 0 Å². The summed E-state index contributed by atoms with van der Waals surface area (Å²) in [6.45, 7) is 0. The first-order valence-electron chi connectivity index (χ1n) is 8.16. The smallest absolute Gasteiger partial charge is 0.418 e. The van der Waals surface area contributed by atoms with E-state index in [9.17, 15) is 13.2 Å². The van der Waals surface area contributed by atoms with Crippen LogP contribution in [-0.4, -0.2) is 24.2 Å². The number of hydrogen-bond donors (Lipinski definition) is 2. The molecule has 2 N–H and O–H groups in total. The molecule has 6 nitrogen and oxygen atoms in total. The lowest BCUT2D eigenvalue weighted by Crippen LogP contribution is -2.09. The van der Waals surface area contributed by atoms with E-state index in [1.165, 1.54) is 37.6 Å². The molecule has 28 heavy (non-hydrogen) atoms. The maximum absolute atomic E-state index is 13.2. The molecule has 0 radical (unpaired) electrons. The second-order valence-electron chi connectivity index (χ2n) is 5.63. The lowest BCUT2D eigenvalue weighted by atomic mass is 10.1. The molecule has 3 rings (SSSR count). The minimum atomic E-state index is -4.48. The molecular formula is C19H17F3N4O2. The number of hydrogen-bond acceptors (Lipinski definition) is 6. The Morgan fingerprint density at radius 2 is 1.68 bits per heavy atom. The SMILES string of the molecule is COc1ccc(Nc2nccc(Nc3ccccc3C(F)(F)F)n2)c(OC)c1. The third-order valence-electron chi connectivity index (χ3n) is 3.81. The van der Waals surface area contributed by atoms with Crippen LogP contribution in [0.25, 0.3) is 0 Å². The van der Waals surface area contributed by atoms with Crippen LogP contribution in [0.5, 0.6) is 11.5 Å². The Kier molecular flexibility index (Phi) is 5.53. The third kappa shape index (κ3) is 4.43. The third-order valence-corrected chi connectivity index (χ3v) is 3.81. The molecule has 9 heteroatoms. The van der Waals surface area contributed by atoms with Crippen molar-refractivity contribution in [2.75, 3.05) is 24.9 Å². The zero-order valence-electron chi connectivity index (χ0n) is 15.0. The van der Waals surface area contributed by atoms with Crippen LogP contribution >= 0.6 is 0 Å². The Morgan fingerprint density at radius 1 is 0.893 bits per heavy atom. The molecule has 0 aliphatic carbocycles. The summed E-state index contributed by atoms with van der Waals surface area (Å²) in [5, 5.41) is 5.67. The van der Waals surface area contributed by atoms with Crippen LogP contribution in [-0.2, 0) is 6.18 Å². The first-order chi connectivity index (χ1) is 13.4. The summed E-state index contributed by atoms with van der Waals surface area (Å²) in [5.41, 5.74) is -0.294. The minimum absolute atomic E-state index is 0.0957. The highest BCUT2D eigenvalue weighted by Gasteiger charge is 2.33. The zero-order valence-corrected chi connectivity index (χ0v) is 15.0. The van der Waals surface area contributed by atoms with Gasteiger partial charge in [0, 0.05) is 12.3 Å². The van der Waals surface area contributed by atoms with Crippen molar-refractivity contribution in [3.63, 3.8) is 0 Å². The van der Waals surface area contributed by atoms with Gasteiger partial charge in [0.25, 0.3) is 0 Å². The van der Waals surface area contributed by atoms with Gasteiger partial charge in [0.05, 0.1) is 31.2 Å². The molecule has 0 unspecified atom stereocenters. The number of ether oxygens (including phenoxy) is 2. The van der Waals surface area contributed by atoms with Crippen molar-refractivity contribution in [1.82, 2.24) is 9.97 Å². The average Bonchev–Trinajstić information content (AvgIpc) is 2.68. The Balaban J connectivity index is 1.85. The van der Waals surface area contributed by atoms with Crippen LogP contribution in [0, 0.1) is 0 Å². The van der Waals surface area contributed by atoms with Gasteiger partial charge < -0.3 is 20.1 Å². The summed E-state index contributed by atoms with van der Waals surface area (Å²) in [6, 6.07) is 11.8. The first kappa shape index (κ1) is 19.3. The summed E-state index contributed by atoms with van der Waals surface area (Å²) in [6.07, 6.45) is -3.04. The molecule has 0 fully saturated rings. The van der Waals surface area contributed by atoms with Crippen molar-refractivity contribution in [3.05, 3.63) is 60.3 Å². The molecule has 0 bridgehead atoms. The molecule has 0 saturated heterocycles. The maximum Gasteiger partial charge on any atom is 0.418 e. The van der Waals surface area contributed by atoms with Gasteiger partial charge >= 0.3 is 6.18 Å². The number of halogens is 3. The minimum Gasteiger partial charge on any atom is -0.497 e. The molecule has 146 valence electrons. The fraction of sp³-hybridized carbons (Fsp3) is 0.158. The van der Waals surface area contributed by atoms with Gasteiger partial charge in [-0.2, -0.15) is 18.2 Å². The lowest BCUT2D eigenvalue weighted by molar-refractivity contribution is -0.136. The van der Waals surface area contributed by atoms with Crippen LogP contribution in [0.4, 0.5) is 36.3 Å². The molecule has 3 aromatic rings. The fourth-order valence-electron chi connectivity index (χ4n) is 2.49. The molecular weight excluding hydrogens is 373 g/mol. The van der Waals surface area contributed by atoms with Crippen LogP contribution in [0.3, 0.4) is 0 Å². The normalized spacial score (nSPS) is 11.0. The monoisotopic (exact) mass is 390 g/mol. The first-order valence-corrected chi connectivity index (χ1v) is 8.16. The number of anilines is 4. The molecule has 0 amide bonds. The van der Waals surface area contributed by atoms with E-state index in [1.807, 2.05) is 0 Å². The zero-order chi connectivity index (χ0) is 20.1. The van der Waals surface area contributed by atoms with E-state index >= 15 is 0 Å². The second-order valence-corrected chi connectivity index (χ2v) is 5.63. The highest BCUT2D eigenvalue weighted by molar-refractivity contribution is 5.66. The largest absolute Gasteiger partial charge is 0.497 e. The van der Waals surface area contributed by atoms with Crippen molar-refractivity contribution >= 4 is 23.1 Å². The molecule has 1 aromatic heterocycles. The van der Waals surface area contributed by atoms with Crippen LogP contribution in [0.2, 0.25) is 0 Å². The average molecular weight is 390 g/mol. The van der Waals surface area contributed by atoms with Gasteiger partial charge in [-0.05, 0) is 30.3 Å². The van der Waals surface area contributed by atoms with Gasteiger partial charge in [-0.1, -0.05) is 12.1 Å². The summed E-state index contributed by atoms with van der Waals surface area (Å²) in [4.78, 5) is 8.31. The van der Waals surface area contributed by atoms with E-state index < -0.39 is 11.7 Å². The van der Waals surface area contributed by atoms with Crippen molar-refractivity contribution in [3.8, 4) is 11.5 Å². The summed E-state index contributed by atoms with van der Waals surface area (Å²) < 4.78 is 49.9. The number of nitrogens with zero attached hydrogens (tertiary/aromatic N) is 2. The highest BCUT2D eigenvalue weighted by atomic mass is 19.4. The number of para-hydroxylation sites is 1. The molecule has 1 heterocycles. The molecule has 0 atom stereocenters. The number of nitrogens with one attached hydrogen (secondary N) is 2. The number of alkyl halides is 3. The summed E-state index contributed by atoms with van der Waals surface area (Å²) in [7, 11) is 3.05. The Hall–Kier alpha value is -3.49. The molecule has 0 aliphatic rings. The Morgan fingerprint density at radius 3 is 2.39 bits per heavy atom. The molecule has 0 aliphatic heterocycles. The van der Waals surface area contributed by atoms with Gasteiger partial charge in [-0.25, -0.2) is 4.98 Å². The van der Waals surface area contributed by atoms with Gasteiger partial charge in [0.15, 0.2) is 0 Å². The van der Waals surface area contributed by atoms with E-state index in [-0.39, 0.29) is 17.5 Å². The molecule has 0 saturated carbocycles. The lowest BCUT2D eigenvalue weighted by Gasteiger charge is -2.15. The van der Waals surface area contributed by atoms with Crippen LogP contribution < -0.4 is 20.1 Å². The van der Waals surface area contributed by atoms with E-state index in [0.717, 1.165) is 6.07 Å². The predicted octanol–water partition coefficient (Wildman–Crippen LogP) is 5.00. The van der Waals surface area contributed by atoms with Crippen LogP contribution in [0.1, 0.15) is 5.56 Å². The fourth-order valence-corrected chi connectivity index (χ4v) is 2.49. The topological polar surface area (TPSA) is 68.3 Å². The second kappa shape index (κ2) is 8.03. The number of aromatic nitrogens is 2. The summed E-state index contributed by atoms with van der Waals surface area (Å²) in [5.74, 6) is 1.52. The standard InChI is InChI=1S/C19H17F3N4O2/c1-27-12-7-8-15(16(11-12)28-2)25-18-23-10-9-17(26-18)24-14-6-4-3-5-13(14)19(20,21)22/h3-11H,1-2H3,(H2,23,24,25,26). The highest BCUT2D eigenvalue weighted by Crippen LogP contribution is 2.36. The van der Waals surface area contributed by atoms with Gasteiger partial charge in [0.2, 0.25) is 5.95 Å². The van der Waals surface area contributed by atoms with Crippen molar-refractivity contribution < 1.29 is 22.6 Å². The predicted molar refractivity (Wildman–Crippen MR) is 99.6 cm³/mol. The quantitative estimate of drug-likeness (QED) is 0.617. The van der Waals surface area contributed by atoms with Gasteiger partial charge in [0.1, 0.15) is 17.3 Å². The Labute approximate surface area is 159 Å². The van der Waals surface area contributed by atoms with Gasteiger partial charge in [-0.15, -0.1) is 0 Å². The number of methoxy groups -OCH3 is 2. The summed E-state index contributed by atoms with van der Waals surface area (Å²) >= 11 is 0. The van der Waals surface area contributed by atoms with E-state index in [4.69, 9.17) is 9.47 Å². The van der Waals surface area contributed by atoms with E-state index in [0.29, 0.717) is 17.2 Å². The Bertz CT molecular complexity index is 964. The number of rotatable bonds is 6. The van der Waals surface area contributed by atoms with E-state index in [1.54, 1.807) is 25.3 Å². The van der Waals surface area contributed by atoms with Crippen LogP contribution in [0.15, 0.2) is 54.7 Å². The molecule has 0 spiro atoms. The molecule has 2 aromatic carbocycles.